The standard InChI is InChI=1S/C4H10N.H2N.Y/c1-3-4-5-2;;/h3-4H2,1-2H3;1H2;/q2*-1;. The molecule has 0 amide bonds. The fraction of sp³-hybridized carbons (Fsp3) is 1.00. The van der Waals surface area contributed by atoms with Crippen molar-refractivity contribution < 1.29 is 32.7 Å². The average Bonchev–Trinajstić information content (AvgIpc) is 1.41. The molecule has 0 saturated heterocycles. The zero-order valence-corrected chi connectivity index (χ0v) is 7.85. The average molecular weight is 177 g/mol. The van der Waals surface area contributed by atoms with Gasteiger partial charge in [-0.15, -0.1) is 6.54 Å². The first-order valence-electron chi connectivity index (χ1n) is 1.97. The molecule has 0 atom stereocenters. The molecule has 0 aliphatic carbocycles. The summed E-state index contributed by atoms with van der Waals surface area (Å²) in [5, 5.41) is 3.85. The summed E-state index contributed by atoms with van der Waals surface area (Å²) < 4.78 is 0. The van der Waals surface area contributed by atoms with E-state index >= 15 is 0 Å². The minimum atomic E-state index is 0. The van der Waals surface area contributed by atoms with Crippen LogP contribution in [0.5, 0.6) is 0 Å². The zero-order valence-electron chi connectivity index (χ0n) is 5.02. The van der Waals surface area contributed by atoms with Crippen LogP contribution < -0.4 is 0 Å². The summed E-state index contributed by atoms with van der Waals surface area (Å²) in [6.07, 6.45) is 1.18. The van der Waals surface area contributed by atoms with E-state index in [9.17, 15) is 0 Å². The van der Waals surface area contributed by atoms with E-state index in [1.54, 1.807) is 0 Å². The molecule has 0 saturated carbocycles. The SMILES string of the molecule is CCC[N-]C.[NH2-].[Y]. The van der Waals surface area contributed by atoms with Gasteiger partial charge < -0.3 is 11.5 Å². The van der Waals surface area contributed by atoms with Gasteiger partial charge in [-0.25, -0.2) is 0 Å². The zero-order chi connectivity index (χ0) is 4.12. The van der Waals surface area contributed by atoms with Crippen LogP contribution in [0.4, 0.5) is 0 Å². The van der Waals surface area contributed by atoms with E-state index in [1.807, 2.05) is 7.05 Å². The Hall–Kier alpha value is 1.02. The molecule has 0 unspecified atom stereocenters. The summed E-state index contributed by atoms with van der Waals surface area (Å²) in [5.41, 5.74) is 0. The van der Waals surface area contributed by atoms with Gasteiger partial charge in [-0.1, -0.05) is 13.3 Å². The molecule has 2 N–H and O–H groups in total. The van der Waals surface area contributed by atoms with Gasteiger partial charge >= 0.3 is 0 Å². The van der Waals surface area contributed by atoms with Crippen LogP contribution in [0.2, 0.25) is 0 Å². The molecule has 0 aromatic rings. The van der Waals surface area contributed by atoms with Gasteiger partial charge in [-0.2, -0.15) is 7.05 Å². The van der Waals surface area contributed by atoms with E-state index in [0.717, 1.165) is 6.54 Å². The second kappa shape index (κ2) is 15.7. The van der Waals surface area contributed by atoms with Crippen LogP contribution in [0, 0.1) is 0 Å². The quantitative estimate of drug-likeness (QED) is 0.620. The molecule has 3 heteroatoms. The predicted molar refractivity (Wildman–Crippen MR) is 29.7 cm³/mol. The van der Waals surface area contributed by atoms with Gasteiger partial charge in [0.1, 0.15) is 0 Å². The van der Waals surface area contributed by atoms with Gasteiger partial charge in [0.25, 0.3) is 0 Å². The normalized spacial score (nSPS) is 6.00. The van der Waals surface area contributed by atoms with E-state index in [1.165, 1.54) is 6.42 Å². The Morgan fingerprint density at radius 3 is 1.86 bits per heavy atom. The summed E-state index contributed by atoms with van der Waals surface area (Å²) in [4.78, 5) is 0. The van der Waals surface area contributed by atoms with Crippen LogP contribution in [-0.2, 0) is 32.7 Å². The molecule has 0 spiro atoms. The third kappa shape index (κ3) is 19.4. The van der Waals surface area contributed by atoms with Crippen molar-refractivity contribution in [3.63, 3.8) is 0 Å². The minimum absolute atomic E-state index is 0. The van der Waals surface area contributed by atoms with Crippen LogP contribution in [0.25, 0.3) is 11.5 Å². The van der Waals surface area contributed by atoms with Crippen molar-refractivity contribution in [1.29, 1.82) is 0 Å². The van der Waals surface area contributed by atoms with Crippen molar-refractivity contribution in [2.45, 2.75) is 13.3 Å². The maximum absolute atomic E-state index is 3.85. The Labute approximate surface area is 70.9 Å². The van der Waals surface area contributed by atoms with Crippen molar-refractivity contribution in [1.82, 2.24) is 0 Å². The van der Waals surface area contributed by atoms with Crippen LogP contribution in [-0.4, -0.2) is 13.6 Å². The Kier molecular flexibility index (Phi) is 35.3. The molecular formula is C4H12N2Y-2. The first-order chi connectivity index (χ1) is 2.41. The first kappa shape index (κ1) is 15.7. The third-order valence-corrected chi connectivity index (χ3v) is 0.447. The number of nitrogens with two attached hydrogens (primary N) is 1. The molecule has 0 heterocycles. The van der Waals surface area contributed by atoms with Crippen molar-refractivity contribution in [2.75, 3.05) is 13.6 Å². The van der Waals surface area contributed by atoms with Gasteiger partial charge in [0.15, 0.2) is 0 Å². The molecule has 0 aromatic heterocycles. The van der Waals surface area contributed by atoms with Crippen molar-refractivity contribution in [3.05, 3.63) is 11.5 Å². The maximum Gasteiger partial charge on any atom is 0 e. The fourth-order valence-electron chi connectivity index (χ4n) is 0.224. The van der Waals surface area contributed by atoms with Crippen molar-refractivity contribution in [2.24, 2.45) is 0 Å². The van der Waals surface area contributed by atoms with Gasteiger partial charge in [0, 0.05) is 32.7 Å². The smallest absolute Gasteiger partial charge is 0 e. The van der Waals surface area contributed by atoms with E-state index in [0.29, 0.717) is 0 Å². The van der Waals surface area contributed by atoms with E-state index < -0.39 is 0 Å². The molecule has 0 aliphatic rings. The Bertz CT molecular complexity index is 17.2. The van der Waals surface area contributed by atoms with Gasteiger partial charge in [0.2, 0.25) is 0 Å². The van der Waals surface area contributed by atoms with Crippen LogP contribution in [0.3, 0.4) is 0 Å². The molecule has 43 valence electrons. The molecule has 0 aromatic carbocycles. The summed E-state index contributed by atoms with van der Waals surface area (Å²) in [6.45, 7) is 3.13. The first-order valence-corrected chi connectivity index (χ1v) is 1.97. The summed E-state index contributed by atoms with van der Waals surface area (Å²) >= 11 is 0. The minimum Gasteiger partial charge on any atom is -0.693 e. The number of hydrogen-bond donors (Lipinski definition) is 0. The van der Waals surface area contributed by atoms with Crippen LogP contribution in [0.1, 0.15) is 13.3 Å². The second-order valence-corrected chi connectivity index (χ2v) is 1.04. The summed E-state index contributed by atoms with van der Waals surface area (Å²) in [6, 6.07) is 0. The summed E-state index contributed by atoms with van der Waals surface area (Å²) in [5.74, 6) is 0. The predicted octanol–water partition coefficient (Wildman–Crippen LogP) is 2.11. The number of nitrogens with zero attached hydrogens (tertiary/aromatic N) is 1. The molecule has 2 nitrogen and oxygen atoms in total. The van der Waals surface area contributed by atoms with Crippen molar-refractivity contribution >= 4 is 0 Å². The third-order valence-electron chi connectivity index (χ3n) is 0.447. The van der Waals surface area contributed by atoms with Gasteiger partial charge in [0.05, 0.1) is 0 Å². The Morgan fingerprint density at radius 2 is 1.86 bits per heavy atom. The van der Waals surface area contributed by atoms with E-state index in [4.69, 9.17) is 0 Å². The van der Waals surface area contributed by atoms with Crippen LogP contribution in [0.15, 0.2) is 0 Å². The molecule has 0 fully saturated rings. The monoisotopic (exact) mass is 177 g/mol. The number of rotatable bonds is 2. The Morgan fingerprint density at radius 1 is 1.43 bits per heavy atom. The molecule has 0 bridgehead atoms. The molecular weight excluding hydrogens is 165 g/mol. The van der Waals surface area contributed by atoms with E-state index in [-0.39, 0.29) is 38.9 Å². The molecule has 0 rings (SSSR count). The molecule has 0 aliphatic heterocycles. The fourth-order valence-corrected chi connectivity index (χ4v) is 0.224. The largest absolute Gasteiger partial charge is 0.693 e. The molecule has 1 radical (unpaired) electrons. The van der Waals surface area contributed by atoms with Crippen molar-refractivity contribution in [3.8, 4) is 0 Å². The maximum atomic E-state index is 3.85. The van der Waals surface area contributed by atoms with Gasteiger partial charge in [-0.05, 0) is 0 Å². The Balaban J connectivity index is -0.0000000800. The second-order valence-electron chi connectivity index (χ2n) is 1.04. The molecule has 7 heavy (non-hydrogen) atoms. The number of hydrogen-bond acceptors (Lipinski definition) is 0. The summed E-state index contributed by atoms with van der Waals surface area (Å²) in [7, 11) is 1.84. The topological polar surface area (TPSA) is 47.6 Å². The van der Waals surface area contributed by atoms with Crippen LogP contribution >= 0.6 is 0 Å². The van der Waals surface area contributed by atoms with E-state index in [2.05, 4.69) is 12.2 Å². The van der Waals surface area contributed by atoms with Gasteiger partial charge in [-0.3, -0.25) is 0 Å².